The van der Waals surface area contributed by atoms with E-state index in [1.165, 1.54) is 5.56 Å². The average Bonchev–Trinajstić information content (AvgIpc) is 2.72. The van der Waals surface area contributed by atoms with Crippen LogP contribution in [0.25, 0.3) is 0 Å². The fourth-order valence-electron chi connectivity index (χ4n) is 1.91. The lowest BCUT2D eigenvalue weighted by Crippen LogP contribution is -2.08. The third-order valence-corrected chi connectivity index (χ3v) is 4.05. The van der Waals surface area contributed by atoms with Gasteiger partial charge in [0, 0.05) is 15.1 Å². The largest absolute Gasteiger partial charge is 0.498 e. The molecule has 1 rings (SSSR count). The highest BCUT2D eigenvalue weighted by molar-refractivity contribution is 7.85. The van der Waals surface area contributed by atoms with Crippen LogP contribution in [0.3, 0.4) is 0 Å². The van der Waals surface area contributed by atoms with E-state index in [0.717, 1.165) is 31.8 Å². The molecule has 0 radical (unpaired) electrons. The molecule has 0 aliphatic carbocycles. The second kappa shape index (κ2) is 16.8. The van der Waals surface area contributed by atoms with Gasteiger partial charge in [0.1, 0.15) is 25.2 Å². The maximum Gasteiger partial charge on any atom is 0.264 e. The molecule has 0 bridgehead atoms. The molecule has 1 aromatic carbocycles. The molecule has 172 valence electrons. The standard InChI is InChI=1S/C17H26O12S/c1-2-3-5-16-6-8-17(9-7-16)22-12-14-24-26-28-29-27-25-23-13-11-21-10-4-15-30(18,19)20/h6-9,11,13H,2-5,10,12,14-15H2,1H3,(H,18,19,20)/b13-11-. The van der Waals surface area contributed by atoms with Crippen LogP contribution in [0.4, 0.5) is 0 Å². The Bertz CT molecular complexity index is 662. The van der Waals surface area contributed by atoms with Crippen LogP contribution in [-0.4, -0.2) is 38.5 Å². The van der Waals surface area contributed by atoms with Crippen molar-refractivity contribution in [3.05, 3.63) is 42.4 Å². The Morgan fingerprint density at radius 1 is 0.900 bits per heavy atom. The van der Waals surface area contributed by atoms with Crippen LogP contribution in [0.5, 0.6) is 5.75 Å². The molecule has 0 amide bonds. The second-order valence-electron chi connectivity index (χ2n) is 5.64. The minimum Gasteiger partial charge on any atom is -0.498 e. The van der Waals surface area contributed by atoms with Crippen molar-refractivity contribution in [2.75, 3.05) is 25.6 Å². The molecular formula is C17H26O12S. The van der Waals surface area contributed by atoms with Gasteiger partial charge in [0.15, 0.2) is 6.26 Å². The van der Waals surface area contributed by atoms with E-state index in [1.54, 1.807) is 0 Å². The van der Waals surface area contributed by atoms with Crippen LogP contribution < -0.4 is 4.74 Å². The quantitative estimate of drug-likeness (QED) is 0.108. The van der Waals surface area contributed by atoms with Crippen molar-refractivity contribution in [1.29, 1.82) is 0 Å². The van der Waals surface area contributed by atoms with Crippen LogP contribution in [0.15, 0.2) is 36.8 Å². The highest BCUT2D eigenvalue weighted by atomic mass is 32.2. The summed E-state index contributed by atoms with van der Waals surface area (Å²) in [6.45, 7) is 2.46. The summed E-state index contributed by atoms with van der Waals surface area (Å²) in [4.78, 5) is 8.88. The number of hydrogen-bond donors (Lipinski definition) is 1. The van der Waals surface area contributed by atoms with Crippen LogP contribution in [0.2, 0.25) is 0 Å². The summed E-state index contributed by atoms with van der Waals surface area (Å²) >= 11 is 0. The minimum atomic E-state index is -4.00. The van der Waals surface area contributed by atoms with Crippen LogP contribution in [-0.2, 0) is 56.2 Å². The van der Waals surface area contributed by atoms with E-state index in [-0.39, 0.29) is 26.2 Å². The van der Waals surface area contributed by atoms with E-state index < -0.39 is 15.9 Å². The molecule has 30 heavy (non-hydrogen) atoms. The topological polar surface area (TPSA) is 137 Å². The molecular weight excluding hydrogens is 428 g/mol. The number of hydrogen-bond acceptors (Lipinski definition) is 11. The molecule has 13 heteroatoms. The molecule has 0 fully saturated rings. The van der Waals surface area contributed by atoms with Gasteiger partial charge in [-0.2, -0.15) is 8.42 Å². The first kappa shape index (κ1) is 26.1. The number of rotatable bonds is 19. The summed E-state index contributed by atoms with van der Waals surface area (Å²) < 4.78 is 39.6. The predicted octanol–water partition coefficient (Wildman–Crippen LogP) is 2.78. The molecule has 0 saturated heterocycles. The van der Waals surface area contributed by atoms with Gasteiger partial charge < -0.3 is 14.4 Å². The Labute approximate surface area is 174 Å². The first-order valence-corrected chi connectivity index (χ1v) is 10.7. The summed E-state index contributed by atoms with van der Waals surface area (Å²) in [5.74, 6) is 0.299. The highest BCUT2D eigenvalue weighted by Gasteiger charge is 2.02. The van der Waals surface area contributed by atoms with Gasteiger partial charge in [-0.05, 0) is 47.0 Å². The third kappa shape index (κ3) is 15.9. The van der Waals surface area contributed by atoms with Gasteiger partial charge in [-0.1, -0.05) is 25.5 Å². The van der Waals surface area contributed by atoms with Gasteiger partial charge in [-0.3, -0.25) is 4.55 Å². The summed E-state index contributed by atoms with van der Waals surface area (Å²) in [6.07, 6.45) is 5.42. The van der Waals surface area contributed by atoms with Crippen molar-refractivity contribution in [3.8, 4) is 5.75 Å². The molecule has 0 spiro atoms. The summed E-state index contributed by atoms with van der Waals surface area (Å²) in [7, 11) is -4.00. The van der Waals surface area contributed by atoms with Crippen LogP contribution in [0, 0.1) is 0 Å². The lowest BCUT2D eigenvalue weighted by atomic mass is 10.1. The predicted molar refractivity (Wildman–Crippen MR) is 99.1 cm³/mol. The maximum absolute atomic E-state index is 10.4. The van der Waals surface area contributed by atoms with Crippen molar-refractivity contribution in [2.24, 2.45) is 0 Å². The van der Waals surface area contributed by atoms with Crippen molar-refractivity contribution < 1.29 is 57.4 Å². The Kier molecular flexibility index (Phi) is 14.6. The number of unbranched alkanes of at least 4 members (excludes halogenated alkanes) is 1. The van der Waals surface area contributed by atoms with Crippen molar-refractivity contribution in [2.45, 2.75) is 32.6 Å². The van der Waals surface area contributed by atoms with Gasteiger partial charge in [0.25, 0.3) is 10.1 Å². The van der Waals surface area contributed by atoms with E-state index in [1.807, 2.05) is 24.3 Å². The summed E-state index contributed by atoms with van der Waals surface area (Å²) in [5.41, 5.74) is 1.26. The monoisotopic (exact) mass is 454 g/mol. The van der Waals surface area contributed by atoms with Crippen LogP contribution in [0.1, 0.15) is 31.7 Å². The zero-order valence-electron chi connectivity index (χ0n) is 16.5. The fourth-order valence-corrected chi connectivity index (χ4v) is 2.39. The Balaban J connectivity index is 1.86. The van der Waals surface area contributed by atoms with Crippen molar-refractivity contribution in [1.82, 2.24) is 0 Å². The van der Waals surface area contributed by atoms with E-state index in [4.69, 9.17) is 14.0 Å². The van der Waals surface area contributed by atoms with E-state index in [0.29, 0.717) is 5.75 Å². The van der Waals surface area contributed by atoms with Gasteiger partial charge in [-0.15, -0.1) is 0 Å². The molecule has 0 heterocycles. The summed E-state index contributed by atoms with van der Waals surface area (Å²) in [6, 6.07) is 7.80. The number of benzene rings is 1. The number of aryl methyl sites for hydroxylation is 1. The zero-order valence-corrected chi connectivity index (χ0v) is 17.3. The van der Waals surface area contributed by atoms with Gasteiger partial charge in [0.05, 0.1) is 12.4 Å². The SMILES string of the molecule is CCCCc1ccc(OCCOOOOOOO/C=C\OCCCS(=O)(=O)O)cc1. The van der Waals surface area contributed by atoms with Gasteiger partial charge in [-0.25, -0.2) is 4.89 Å². The van der Waals surface area contributed by atoms with Crippen molar-refractivity contribution in [3.63, 3.8) is 0 Å². The van der Waals surface area contributed by atoms with Gasteiger partial charge in [0.2, 0.25) is 0 Å². The molecule has 1 N–H and O–H groups in total. The minimum absolute atomic E-state index is 0.0410. The fraction of sp³-hybridized carbons (Fsp3) is 0.529. The van der Waals surface area contributed by atoms with Crippen LogP contribution >= 0.6 is 0 Å². The normalized spacial score (nSPS) is 11.7. The molecule has 0 atom stereocenters. The lowest BCUT2D eigenvalue weighted by Gasteiger charge is -2.06. The second-order valence-corrected chi connectivity index (χ2v) is 7.21. The Morgan fingerprint density at radius 3 is 2.37 bits per heavy atom. The first-order chi connectivity index (χ1) is 14.5. The van der Waals surface area contributed by atoms with E-state index in [9.17, 15) is 8.42 Å². The molecule has 0 aliphatic heterocycles. The number of ether oxygens (including phenoxy) is 2. The first-order valence-electron chi connectivity index (χ1n) is 9.06. The van der Waals surface area contributed by atoms with E-state index >= 15 is 0 Å². The highest BCUT2D eigenvalue weighted by Crippen LogP contribution is 2.13. The molecule has 0 saturated carbocycles. The maximum atomic E-state index is 10.4. The average molecular weight is 454 g/mol. The third-order valence-electron chi connectivity index (χ3n) is 3.25. The molecule has 1 aromatic rings. The molecule has 0 unspecified atom stereocenters. The molecule has 12 nitrogen and oxygen atoms in total. The summed E-state index contributed by atoms with van der Waals surface area (Å²) in [5, 5.41) is 20.0. The van der Waals surface area contributed by atoms with E-state index in [2.05, 4.69) is 41.9 Å². The Hall–Kier alpha value is -1.97. The molecule has 0 aliphatic rings. The smallest absolute Gasteiger partial charge is 0.264 e. The van der Waals surface area contributed by atoms with Gasteiger partial charge >= 0.3 is 0 Å². The zero-order chi connectivity index (χ0) is 21.9. The lowest BCUT2D eigenvalue weighted by molar-refractivity contribution is -0.786. The van der Waals surface area contributed by atoms with Crippen molar-refractivity contribution >= 4 is 10.1 Å². The Morgan fingerprint density at radius 2 is 1.63 bits per heavy atom. The molecule has 0 aromatic heterocycles.